The van der Waals surface area contributed by atoms with E-state index in [9.17, 15) is 34.2 Å². The number of carboxylic acids is 2. The number of para-hydroxylation sites is 1. The minimum atomic E-state index is -1.36. The van der Waals surface area contributed by atoms with Crippen LogP contribution < -0.4 is 21.0 Å². The molecule has 0 spiro atoms. The number of carbonyl (C=O) groups is 4. The number of nitrogens with one attached hydrogen (secondary N) is 1. The maximum atomic E-state index is 13.0. The van der Waals surface area contributed by atoms with Gasteiger partial charge in [-0.15, -0.1) is 0 Å². The zero-order chi connectivity index (χ0) is 34.1. The number of carboxylic acid groups (broad SMARTS) is 2. The van der Waals surface area contributed by atoms with Crippen molar-refractivity contribution in [1.82, 2.24) is 29.9 Å². The van der Waals surface area contributed by atoms with Gasteiger partial charge in [0.05, 0.1) is 41.6 Å². The standard InChI is InChI=1S/C33H44N6O8.Eu.H2O/c1-22(32(43)44)18-25(40)20-38-12-10-36(3)11-13-39(21-29(41)34-23(2)33(45)46)17-15-37(14-16-38)19-24-8-9-27-30(42)26-6-4-5-7-28(26)47-31(27)35-24;;/h4-9,22-23H,10-21H2,1-3H3,(H,34,41)(H,43,44)(H,45,46);;1H2/p-2/t22-,23+;;/m1../s1. The van der Waals surface area contributed by atoms with Crippen molar-refractivity contribution >= 4 is 45.7 Å². The van der Waals surface area contributed by atoms with Crippen molar-refractivity contribution < 1.29 is 88.7 Å². The monoisotopic (exact) mass is 821 g/mol. The van der Waals surface area contributed by atoms with Gasteiger partial charge >= 0.3 is 0 Å². The molecular weight excluding hydrogens is 776 g/mol. The molecule has 4 rings (SSSR count). The molecule has 0 unspecified atom stereocenters. The van der Waals surface area contributed by atoms with E-state index in [1.54, 1.807) is 36.4 Å². The number of Topliss-reactive ketones (excluding diaryl/α,β-unsaturated/α-hetero) is 1. The summed E-state index contributed by atoms with van der Waals surface area (Å²) in [6.45, 7) is 7.69. The second-order valence-electron chi connectivity index (χ2n) is 12.3. The van der Waals surface area contributed by atoms with Crippen LogP contribution in [0, 0.1) is 55.3 Å². The van der Waals surface area contributed by atoms with Crippen molar-refractivity contribution in [2.24, 2.45) is 5.92 Å². The Labute approximate surface area is 325 Å². The van der Waals surface area contributed by atoms with Gasteiger partial charge < -0.3 is 39.9 Å². The molecular formula is C33H44EuN6O9-2. The minimum absolute atomic E-state index is 0. The van der Waals surface area contributed by atoms with Crippen LogP contribution >= 0.6 is 0 Å². The number of amides is 1. The molecule has 3 aromatic rings. The molecule has 1 radical (unpaired) electrons. The van der Waals surface area contributed by atoms with Crippen LogP contribution in [0.5, 0.6) is 0 Å². The van der Waals surface area contributed by atoms with Crippen molar-refractivity contribution in [2.45, 2.75) is 32.9 Å². The summed E-state index contributed by atoms with van der Waals surface area (Å²) in [6, 6.07) is 9.38. The fourth-order valence-electron chi connectivity index (χ4n) is 5.44. The first-order valence-corrected chi connectivity index (χ1v) is 15.8. The molecule has 2 aromatic heterocycles. The molecule has 16 heteroatoms. The number of hydrogen-bond acceptors (Lipinski definition) is 13. The molecule has 15 nitrogen and oxygen atoms in total. The fourth-order valence-corrected chi connectivity index (χ4v) is 5.44. The zero-order valence-electron chi connectivity index (χ0n) is 28.0. The Hall–Kier alpha value is -2.70. The number of pyridine rings is 1. The molecule has 269 valence electrons. The molecule has 1 saturated heterocycles. The van der Waals surface area contributed by atoms with Crippen LogP contribution in [0.2, 0.25) is 0 Å². The topological polar surface area (TPSA) is 214 Å². The van der Waals surface area contributed by atoms with E-state index < -0.39 is 29.8 Å². The Morgan fingerprint density at radius 2 is 1.43 bits per heavy atom. The number of hydrogen-bond donors (Lipinski definition) is 1. The van der Waals surface area contributed by atoms with Gasteiger partial charge in [-0.05, 0) is 38.2 Å². The summed E-state index contributed by atoms with van der Waals surface area (Å²) in [5.74, 6) is -4.08. The van der Waals surface area contributed by atoms with Gasteiger partial charge in [0.15, 0.2) is 0 Å². The van der Waals surface area contributed by atoms with Gasteiger partial charge in [0.25, 0.3) is 0 Å². The molecule has 1 amide bonds. The summed E-state index contributed by atoms with van der Waals surface area (Å²) in [4.78, 5) is 73.7. The number of carbonyl (C=O) groups excluding carboxylic acids is 4. The Morgan fingerprint density at radius 1 is 0.837 bits per heavy atom. The van der Waals surface area contributed by atoms with Crippen molar-refractivity contribution in [3.05, 3.63) is 52.3 Å². The number of nitrogens with zero attached hydrogens (tertiary/aromatic N) is 5. The number of aliphatic carboxylic acids is 2. The molecule has 49 heavy (non-hydrogen) atoms. The molecule has 0 saturated carbocycles. The van der Waals surface area contributed by atoms with E-state index in [1.165, 1.54) is 13.8 Å². The van der Waals surface area contributed by atoms with Crippen molar-refractivity contribution in [2.75, 3.05) is 72.5 Å². The maximum absolute atomic E-state index is 13.0. The summed E-state index contributed by atoms with van der Waals surface area (Å²) in [6.07, 6.45) is -0.104. The maximum Gasteiger partial charge on any atom is 0.234 e. The third-order valence-electron chi connectivity index (χ3n) is 8.38. The van der Waals surface area contributed by atoms with Crippen LogP contribution in [0.3, 0.4) is 0 Å². The first kappa shape index (κ1) is 42.5. The van der Waals surface area contributed by atoms with E-state index >= 15 is 0 Å². The van der Waals surface area contributed by atoms with Crippen LogP contribution in [0.4, 0.5) is 0 Å². The number of benzene rings is 1. The summed E-state index contributed by atoms with van der Waals surface area (Å²) >= 11 is 0. The van der Waals surface area contributed by atoms with E-state index in [1.807, 2.05) is 16.8 Å². The largest absolute Gasteiger partial charge is 0.550 e. The molecule has 1 aromatic carbocycles. The Morgan fingerprint density at radius 3 is 2.06 bits per heavy atom. The molecule has 1 aliphatic heterocycles. The average Bonchev–Trinajstić information content (AvgIpc) is 3.02. The van der Waals surface area contributed by atoms with Crippen molar-refractivity contribution in [3.63, 3.8) is 0 Å². The summed E-state index contributed by atoms with van der Waals surface area (Å²) in [5.41, 5.74) is 1.19. The molecule has 3 heterocycles. The fraction of sp³-hybridized carbons (Fsp3) is 0.515. The van der Waals surface area contributed by atoms with Gasteiger partial charge in [-0.3, -0.25) is 29.1 Å². The Balaban J connectivity index is 0.00000417. The number of aromatic nitrogens is 1. The van der Waals surface area contributed by atoms with Gasteiger partial charge in [-0.1, -0.05) is 19.1 Å². The normalized spacial score (nSPS) is 17.1. The average molecular weight is 821 g/mol. The van der Waals surface area contributed by atoms with Crippen molar-refractivity contribution in [1.29, 1.82) is 0 Å². The first-order chi connectivity index (χ1) is 22.4. The predicted molar refractivity (Wildman–Crippen MR) is 173 cm³/mol. The Bertz CT molecular complexity index is 1600. The number of likely N-dealkylation sites (N-methyl/N-ethyl adjacent to an activating group) is 1. The van der Waals surface area contributed by atoms with Gasteiger partial charge in [0.2, 0.25) is 17.0 Å². The second-order valence-corrected chi connectivity index (χ2v) is 12.3. The van der Waals surface area contributed by atoms with E-state index in [2.05, 4.69) is 20.1 Å². The summed E-state index contributed by atoms with van der Waals surface area (Å²) < 4.78 is 5.97. The zero-order valence-corrected chi connectivity index (χ0v) is 30.4. The SMILES string of the molecule is C[C@H](CC(=O)CN1CCN(C)CCN(CC(=O)N[C@@H](C)C(=O)[O-])CCN(Cc2ccc3c(=O)c4ccccc4oc3n2)CC1)C(=O)[O-].O.[Eu]. The first-order valence-electron chi connectivity index (χ1n) is 15.8. The summed E-state index contributed by atoms with van der Waals surface area (Å²) in [5, 5.41) is 25.7. The van der Waals surface area contributed by atoms with Crippen LogP contribution in [-0.4, -0.2) is 132 Å². The molecule has 1 aliphatic rings. The molecule has 0 aliphatic carbocycles. The Kier molecular flexibility index (Phi) is 17.5. The summed E-state index contributed by atoms with van der Waals surface area (Å²) in [7, 11) is 1.94. The van der Waals surface area contributed by atoms with Crippen LogP contribution in [0.1, 0.15) is 26.0 Å². The van der Waals surface area contributed by atoms with Crippen LogP contribution in [0.25, 0.3) is 22.1 Å². The molecule has 1 fully saturated rings. The molecule has 0 bridgehead atoms. The third kappa shape index (κ3) is 12.9. The second kappa shape index (κ2) is 20.2. The predicted octanol–water partition coefficient (Wildman–Crippen LogP) is -2.53. The molecule has 3 N–H and O–H groups in total. The van der Waals surface area contributed by atoms with E-state index in [0.717, 1.165) is 0 Å². The van der Waals surface area contributed by atoms with E-state index in [4.69, 9.17) is 4.42 Å². The van der Waals surface area contributed by atoms with Gasteiger partial charge in [-0.25, -0.2) is 4.98 Å². The van der Waals surface area contributed by atoms with E-state index in [-0.39, 0.29) is 91.3 Å². The number of rotatable bonds is 11. The van der Waals surface area contributed by atoms with Crippen LogP contribution in [-0.2, 0) is 25.7 Å². The number of ketones is 1. The quantitative estimate of drug-likeness (QED) is 0.198. The third-order valence-corrected chi connectivity index (χ3v) is 8.38. The number of fused-ring (bicyclic) bond motifs is 2. The van der Waals surface area contributed by atoms with Crippen LogP contribution in [0.15, 0.2) is 45.6 Å². The van der Waals surface area contributed by atoms with Gasteiger partial charge in [0.1, 0.15) is 11.4 Å². The van der Waals surface area contributed by atoms with Crippen molar-refractivity contribution in [3.8, 4) is 0 Å². The smallest absolute Gasteiger partial charge is 0.234 e. The van der Waals surface area contributed by atoms with Gasteiger partial charge in [-0.2, -0.15) is 0 Å². The van der Waals surface area contributed by atoms with Gasteiger partial charge in [0, 0.05) is 127 Å². The molecule has 2 atom stereocenters. The minimum Gasteiger partial charge on any atom is -0.550 e. The van der Waals surface area contributed by atoms with E-state index in [0.29, 0.717) is 81.0 Å².